The van der Waals surface area contributed by atoms with Crippen LogP contribution in [0.15, 0.2) is 30.6 Å². The molecule has 0 atom stereocenters. The molecular weight excluding hydrogens is 252 g/mol. The molecule has 1 aromatic carbocycles. The highest BCUT2D eigenvalue weighted by Crippen LogP contribution is 2.17. The van der Waals surface area contributed by atoms with Crippen LogP contribution in [0.1, 0.15) is 5.69 Å². The Kier molecular flexibility index (Phi) is 2.30. The topological polar surface area (TPSA) is 77.2 Å². The standard InChI is InChI=1S/C11H10N4O2S/c1-18(16,17)6-9-11-14-12-7-15(11)10-5-3-2-4-8(10)13-9/h2-5,7H,6H2,1H3. The Balaban J connectivity index is 2.39. The molecule has 0 saturated carbocycles. The van der Waals surface area contributed by atoms with Gasteiger partial charge < -0.3 is 0 Å². The molecule has 0 unspecified atom stereocenters. The first-order valence-corrected chi connectivity index (χ1v) is 7.36. The van der Waals surface area contributed by atoms with Gasteiger partial charge in [0, 0.05) is 6.26 Å². The van der Waals surface area contributed by atoms with Gasteiger partial charge in [-0.05, 0) is 12.1 Å². The van der Waals surface area contributed by atoms with Crippen molar-refractivity contribution in [3.8, 4) is 0 Å². The van der Waals surface area contributed by atoms with Crippen molar-refractivity contribution >= 4 is 26.5 Å². The maximum atomic E-state index is 11.4. The molecule has 2 aromatic heterocycles. The maximum absolute atomic E-state index is 11.4. The normalized spacial score (nSPS) is 12.3. The van der Waals surface area contributed by atoms with E-state index in [1.54, 1.807) is 10.7 Å². The lowest BCUT2D eigenvalue weighted by molar-refractivity contribution is 0.600. The van der Waals surface area contributed by atoms with Crippen molar-refractivity contribution in [2.24, 2.45) is 0 Å². The summed E-state index contributed by atoms with van der Waals surface area (Å²) in [7, 11) is -3.16. The zero-order chi connectivity index (χ0) is 12.8. The second-order valence-electron chi connectivity index (χ2n) is 4.14. The van der Waals surface area contributed by atoms with Crippen LogP contribution in [0.25, 0.3) is 16.7 Å². The quantitative estimate of drug-likeness (QED) is 0.683. The van der Waals surface area contributed by atoms with Crippen molar-refractivity contribution in [1.82, 2.24) is 19.6 Å². The first-order chi connectivity index (χ1) is 8.54. The Hall–Kier alpha value is -2.02. The number of nitrogens with zero attached hydrogens (tertiary/aromatic N) is 4. The molecule has 3 rings (SSSR count). The van der Waals surface area contributed by atoms with E-state index in [1.165, 1.54) is 6.26 Å². The summed E-state index contributed by atoms with van der Waals surface area (Å²) in [5, 5.41) is 7.76. The molecule has 18 heavy (non-hydrogen) atoms. The highest BCUT2D eigenvalue weighted by atomic mass is 32.2. The Morgan fingerprint density at radius 2 is 2.06 bits per heavy atom. The lowest BCUT2D eigenvalue weighted by Gasteiger charge is -2.05. The smallest absolute Gasteiger partial charge is 0.183 e. The third-order valence-electron chi connectivity index (χ3n) is 2.60. The molecular formula is C11H10N4O2S. The van der Waals surface area contributed by atoms with E-state index in [2.05, 4.69) is 15.2 Å². The first-order valence-electron chi connectivity index (χ1n) is 5.30. The van der Waals surface area contributed by atoms with Crippen LogP contribution < -0.4 is 0 Å². The number of para-hydroxylation sites is 2. The highest BCUT2D eigenvalue weighted by molar-refractivity contribution is 7.89. The summed E-state index contributed by atoms with van der Waals surface area (Å²) in [6.45, 7) is 0. The molecule has 92 valence electrons. The minimum Gasteiger partial charge on any atom is -0.278 e. The molecule has 0 spiro atoms. The fourth-order valence-electron chi connectivity index (χ4n) is 1.91. The van der Waals surface area contributed by atoms with E-state index in [1.807, 2.05) is 24.3 Å². The summed E-state index contributed by atoms with van der Waals surface area (Å²) in [4.78, 5) is 4.36. The predicted molar refractivity (Wildman–Crippen MR) is 66.8 cm³/mol. The van der Waals surface area contributed by atoms with Crippen LogP contribution in [0.5, 0.6) is 0 Å². The molecule has 7 heteroatoms. The van der Waals surface area contributed by atoms with Crippen molar-refractivity contribution in [1.29, 1.82) is 0 Å². The lowest BCUT2D eigenvalue weighted by atomic mass is 10.3. The summed E-state index contributed by atoms with van der Waals surface area (Å²) in [5.41, 5.74) is 2.49. The third kappa shape index (κ3) is 1.82. The largest absolute Gasteiger partial charge is 0.278 e. The van der Waals surface area contributed by atoms with Crippen molar-refractivity contribution in [2.45, 2.75) is 5.75 Å². The Labute approximate surface area is 103 Å². The van der Waals surface area contributed by atoms with E-state index in [0.717, 1.165) is 11.0 Å². The number of fused-ring (bicyclic) bond motifs is 3. The zero-order valence-corrected chi connectivity index (χ0v) is 10.4. The predicted octanol–water partition coefficient (Wildman–Crippen LogP) is 0.822. The SMILES string of the molecule is CS(=O)(=O)Cc1nc2ccccc2n2cnnc12. The van der Waals surface area contributed by atoms with Crippen LogP contribution >= 0.6 is 0 Å². The third-order valence-corrected chi connectivity index (χ3v) is 3.40. The second-order valence-corrected chi connectivity index (χ2v) is 6.28. The van der Waals surface area contributed by atoms with Crippen LogP contribution in [0.2, 0.25) is 0 Å². The van der Waals surface area contributed by atoms with Crippen LogP contribution in [-0.2, 0) is 15.6 Å². The number of hydrogen-bond acceptors (Lipinski definition) is 5. The van der Waals surface area contributed by atoms with Crippen molar-refractivity contribution < 1.29 is 8.42 Å². The lowest BCUT2D eigenvalue weighted by Crippen LogP contribution is -2.06. The van der Waals surface area contributed by atoms with E-state index in [4.69, 9.17) is 0 Å². The number of sulfone groups is 1. The van der Waals surface area contributed by atoms with Gasteiger partial charge in [-0.1, -0.05) is 12.1 Å². The van der Waals surface area contributed by atoms with E-state index in [-0.39, 0.29) is 5.75 Å². The summed E-state index contributed by atoms with van der Waals surface area (Å²) >= 11 is 0. The van der Waals surface area contributed by atoms with E-state index >= 15 is 0 Å². The Morgan fingerprint density at radius 3 is 2.83 bits per heavy atom. The molecule has 0 radical (unpaired) electrons. The van der Waals surface area contributed by atoms with Gasteiger partial charge >= 0.3 is 0 Å². The van der Waals surface area contributed by atoms with E-state index < -0.39 is 9.84 Å². The number of hydrogen-bond donors (Lipinski definition) is 0. The van der Waals surface area contributed by atoms with Crippen LogP contribution in [0, 0.1) is 0 Å². The summed E-state index contributed by atoms with van der Waals surface area (Å²) in [6.07, 6.45) is 2.74. The van der Waals surface area contributed by atoms with Crippen LogP contribution in [-0.4, -0.2) is 34.3 Å². The zero-order valence-electron chi connectivity index (χ0n) is 9.61. The number of rotatable bonds is 2. The summed E-state index contributed by atoms with van der Waals surface area (Å²) in [5.74, 6) is -0.139. The van der Waals surface area contributed by atoms with Crippen molar-refractivity contribution in [2.75, 3.05) is 6.26 Å². The average molecular weight is 262 g/mol. The molecule has 6 nitrogen and oxygen atoms in total. The second kappa shape index (κ2) is 3.74. The van der Waals surface area contributed by atoms with Gasteiger partial charge in [0.15, 0.2) is 15.5 Å². The van der Waals surface area contributed by atoms with Gasteiger partial charge in [-0.2, -0.15) is 0 Å². The summed E-state index contributed by atoms with van der Waals surface area (Å²) < 4.78 is 24.6. The van der Waals surface area contributed by atoms with Crippen molar-refractivity contribution in [3.63, 3.8) is 0 Å². The first kappa shape index (κ1) is 11.1. The fourth-order valence-corrected chi connectivity index (χ4v) is 2.60. The van der Waals surface area contributed by atoms with Gasteiger partial charge in [0.25, 0.3) is 0 Å². The van der Waals surface area contributed by atoms with Gasteiger partial charge in [0.1, 0.15) is 12.0 Å². The molecule has 3 aromatic rings. The van der Waals surface area contributed by atoms with E-state index in [9.17, 15) is 8.42 Å². The molecule has 0 N–H and O–H groups in total. The Bertz CT molecular complexity index is 838. The van der Waals surface area contributed by atoms with Gasteiger partial charge in [-0.15, -0.1) is 10.2 Å². The minimum absolute atomic E-state index is 0.139. The average Bonchev–Trinajstić information content (AvgIpc) is 2.76. The maximum Gasteiger partial charge on any atom is 0.183 e. The van der Waals surface area contributed by atoms with Gasteiger partial charge in [0.05, 0.1) is 16.8 Å². The molecule has 0 fully saturated rings. The van der Waals surface area contributed by atoms with Crippen molar-refractivity contribution in [3.05, 3.63) is 36.3 Å². The monoisotopic (exact) mass is 262 g/mol. The van der Waals surface area contributed by atoms with Crippen LogP contribution in [0.4, 0.5) is 0 Å². The summed E-state index contributed by atoms with van der Waals surface area (Å²) in [6, 6.07) is 7.47. The van der Waals surface area contributed by atoms with E-state index in [0.29, 0.717) is 11.3 Å². The molecule has 0 amide bonds. The van der Waals surface area contributed by atoms with Crippen LogP contribution in [0.3, 0.4) is 0 Å². The molecule has 0 saturated heterocycles. The molecule has 0 aliphatic carbocycles. The fraction of sp³-hybridized carbons (Fsp3) is 0.182. The van der Waals surface area contributed by atoms with Gasteiger partial charge in [-0.25, -0.2) is 13.4 Å². The molecule has 2 heterocycles. The number of benzene rings is 1. The highest BCUT2D eigenvalue weighted by Gasteiger charge is 2.14. The van der Waals surface area contributed by atoms with Gasteiger partial charge in [-0.3, -0.25) is 4.40 Å². The minimum atomic E-state index is -3.16. The number of aromatic nitrogens is 4. The molecule has 0 bridgehead atoms. The molecule has 0 aliphatic heterocycles. The van der Waals surface area contributed by atoms with Gasteiger partial charge in [0.2, 0.25) is 0 Å². The Morgan fingerprint density at radius 1 is 1.28 bits per heavy atom. The molecule has 0 aliphatic rings.